The number of rotatable bonds is 6. The molecule has 2 heterocycles. The van der Waals surface area contributed by atoms with Gasteiger partial charge in [0.2, 0.25) is 0 Å². The number of aryl methyl sites for hydroxylation is 1. The molecule has 1 aliphatic heterocycles. The second kappa shape index (κ2) is 7.15. The number of sulfonamides is 1. The first-order valence-electron chi connectivity index (χ1n) is 7.98. The Morgan fingerprint density at radius 3 is 2.80 bits per heavy atom. The van der Waals surface area contributed by atoms with Crippen LogP contribution in [-0.2, 0) is 32.4 Å². The molecule has 134 valence electrons. The summed E-state index contributed by atoms with van der Waals surface area (Å²) in [4.78, 5) is 14.7. The Kier molecular flexibility index (Phi) is 5.12. The molecule has 25 heavy (non-hydrogen) atoms. The lowest BCUT2D eigenvalue weighted by atomic mass is 10.1. The summed E-state index contributed by atoms with van der Waals surface area (Å²) >= 11 is 1.28. The Labute approximate surface area is 151 Å². The maximum absolute atomic E-state index is 12.5. The largest absolute Gasteiger partial charge is 0.375 e. The van der Waals surface area contributed by atoms with Crippen LogP contribution in [-0.4, -0.2) is 34.6 Å². The number of fused-ring (bicyclic) bond motifs is 1. The predicted octanol–water partition coefficient (Wildman–Crippen LogP) is 2.65. The van der Waals surface area contributed by atoms with Gasteiger partial charge in [-0.05, 0) is 48.7 Å². The molecule has 3 rings (SSSR count). The maximum atomic E-state index is 12.5. The van der Waals surface area contributed by atoms with Crippen molar-refractivity contribution in [3.63, 3.8) is 0 Å². The summed E-state index contributed by atoms with van der Waals surface area (Å²) in [5, 5.41) is 0. The molecule has 0 atom stereocenters. The van der Waals surface area contributed by atoms with Crippen LogP contribution in [0.15, 0.2) is 34.5 Å². The van der Waals surface area contributed by atoms with E-state index in [1.165, 1.54) is 18.4 Å². The van der Waals surface area contributed by atoms with E-state index in [1.807, 2.05) is 13.0 Å². The lowest BCUT2D eigenvalue weighted by Crippen LogP contribution is -2.31. The minimum absolute atomic E-state index is 0.0337. The molecule has 8 heteroatoms. The summed E-state index contributed by atoms with van der Waals surface area (Å²) in [6.45, 7) is 2.61. The van der Waals surface area contributed by atoms with Gasteiger partial charge in [-0.3, -0.25) is 9.52 Å². The van der Waals surface area contributed by atoms with Gasteiger partial charge in [-0.25, -0.2) is 8.42 Å². The van der Waals surface area contributed by atoms with Crippen molar-refractivity contribution in [3.05, 3.63) is 40.8 Å². The van der Waals surface area contributed by atoms with E-state index in [1.54, 1.807) is 29.2 Å². The highest BCUT2D eigenvalue weighted by molar-refractivity contribution is 7.94. The van der Waals surface area contributed by atoms with Crippen LogP contribution in [0.5, 0.6) is 0 Å². The van der Waals surface area contributed by atoms with Gasteiger partial charge in [0.15, 0.2) is 0 Å². The number of ether oxygens (including phenoxy) is 1. The van der Waals surface area contributed by atoms with Crippen molar-refractivity contribution in [2.45, 2.75) is 24.0 Å². The van der Waals surface area contributed by atoms with E-state index in [2.05, 4.69) is 4.72 Å². The van der Waals surface area contributed by atoms with Gasteiger partial charge in [0, 0.05) is 29.9 Å². The molecule has 0 aliphatic carbocycles. The van der Waals surface area contributed by atoms with Gasteiger partial charge in [0.1, 0.15) is 10.8 Å². The van der Waals surface area contributed by atoms with Gasteiger partial charge >= 0.3 is 0 Å². The Bertz CT molecular complexity index is 890. The number of benzene rings is 1. The summed E-state index contributed by atoms with van der Waals surface area (Å²) in [5.74, 6) is -0.0970. The Balaban J connectivity index is 1.80. The van der Waals surface area contributed by atoms with E-state index in [0.29, 0.717) is 22.9 Å². The maximum Gasteiger partial charge on any atom is 0.271 e. The van der Waals surface area contributed by atoms with E-state index in [9.17, 15) is 13.2 Å². The van der Waals surface area contributed by atoms with Crippen LogP contribution < -0.4 is 9.62 Å². The minimum atomic E-state index is -3.59. The lowest BCUT2D eigenvalue weighted by Gasteiger charge is -2.17. The van der Waals surface area contributed by atoms with Gasteiger partial charge in [-0.2, -0.15) is 0 Å². The number of hydrogen-bond acceptors (Lipinski definition) is 5. The van der Waals surface area contributed by atoms with E-state index in [0.717, 1.165) is 22.5 Å². The van der Waals surface area contributed by atoms with E-state index >= 15 is 0 Å². The summed E-state index contributed by atoms with van der Waals surface area (Å²) in [5.41, 5.74) is 2.27. The third kappa shape index (κ3) is 3.70. The first-order chi connectivity index (χ1) is 11.9. The molecule has 1 amide bonds. The van der Waals surface area contributed by atoms with Crippen LogP contribution in [0.1, 0.15) is 17.4 Å². The van der Waals surface area contributed by atoms with Gasteiger partial charge < -0.3 is 9.64 Å². The van der Waals surface area contributed by atoms with Crippen LogP contribution >= 0.6 is 11.3 Å². The van der Waals surface area contributed by atoms with Crippen molar-refractivity contribution >= 4 is 38.6 Å². The molecular weight excluding hydrogens is 360 g/mol. The fourth-order valence-electron chi connectivity index (χ4n) is 2.82. The van der Waals surface area contributed by atoms with E-state index in [4.69, 9.17) is 4.74 Å². The molecule has 0 unspecified atom stereocenters. The number of methoxy groups -OCH3 is 1. The predicted molar refractivity (Wildman–Crippen MR) is 98.9 cm³/mol. The second-order valence-corrected chi connectivity index (χ2v) is 8.83. The summed E-state index contributed by atoms with van der Waals surface area (Å²) in [7, 11) is -2.10. The highest BCUT2D eigenvalue weighted by atomic mass is 32.2. The molecule has 2 aromatic rings. The van der Waals surface area contributed by atoms with Gasteiger partial charge in [0.25, 0.3) is 15.9 Å². The average Bonchev–Trinajstić information content (AvgIpc) is 3.21. The standard InChI is InChI=1S/C17H20N2O4S2/c1-3-14-5-7-17(24-14)25(21,22)18-13-4-6-15-12(10-13)8-9-19(15)16(20)11-23-2/h4-7,10,18H,3,8-9,11H2,1-2H3. The Hall–Kier alpha value is -1.90. The highest BCUT2D eigenvalue weighted by Crippen LogP contribution is 2.32. The molecule has 1 aromatic heterocycles. The van der Waals surface area contributed by atoms with Crippen molar-refractivity contribution in [1.29, 1.82) is 0 Å². The molecular formula is C17H20N2O4S2. The number of anilines is 2. The van der Waals surface area contributed by atoms with Crippen molar-refractivity contribution < 1.29 is 17.9 Å². The number of nitrogens with one attached hydrogen (secondary N) is 1. The molecule has 0 spiro atoms. The normalized spacial score (nSPS) is 13.8. The van der Waals surface area contributed by atoms with E-state index in [-0.39, 0.29) is 12.5 Å². The molecule has 1 aromatic carbocycles. The monoisotopic (exact) mass is 380 g/mol. The first-order valence-corrected chi connectivity index (χ1v) is 10.3. The zero-order valence-corrected chi connectivity index (χ0v) is 15.7. The minimum Gasteiger partial charge on any atom is -0.375 e. The molecule has 6 nitrogen and oxygen atoms in total. The van der Waals surface area contributed by atoms with Crippen molar-refractivity contribution in [3.8, 4) is 0 Å². The number of thiophene rings is 1. The average molecular weight is 380 g/mol. The SMILES string of the molecule is CCc1ccc(S(=O)(=O)Nc2ccc3c(c2)CCN3C(=O)COC)s1. The third-order valence-corrected chi connectivity index (χ3v) is 7.15. The van der Waals surface area contributed by atoms with Crippen molar-refractivity contribution in [2.24, 2.45) is 0 Å². The number of carbonyl (C=O) groups excluding carboxylic acids is 1. The molecule has 0 saturated carbocycles. The smallest absolute Gasteiger partial charge is 0.271 e. The van der Waals surface area contributed by atoms with Crippen LogP contribution in [0.4, 0.5) is 11.4 Å². The third-order valence-electron chi connectivity index (χ3n) is 4.05. The lowest BCUT2D eigenvalue weighted by molar-refractivity contribution is -0.122. The number of hydrogen-bond donors (Lipinski definition) is 1. The van der Waals surface area contributed by atoms with Gasteiger partial charge in [-0.15, -0.1) is 11.3 Å². The number of nitrogens with zero attached hydrogens (tertiary/aromatic N) is 1. The topological polar surface area (TPSA) is 75.7 Å². The van der Waals surface area contributed by atoms with Crippen LogP contribution in [0.2, 0.25) is 0 Å². The summed E-state index contributed by atoms with van der Waals surface area (Å²) in [6, 6.07) is 8.72. The van der Waals surface area contributed by atoms with Crippen molar-refractivity contribution in [2.75, 3.05) is 29.9 Å². The number of amides is 1. The molecule has 0 radical (unpaired) electrons. The van der Waals surface area contributed by atoms with Gasteiger partial charge in [-0.1, -0.05) is 6.92 Å². The van der Waals surface area contributed by atoms with Crippen LogP contribution in [0, 0.1) is 0 Å². The molecule has 0 bridgehead atoms. The van der Waals surface area contributed by atoms with Crippen LogP contribution in [0.25, 0.3) is 0 Å². The molecule has 1 aliphatic rings. The summed E-state index contributed by atoms with van der Waals surface area (Å²) < 4.78 is 32.8. The molecule has 0 fully saturated rings. The fourth-order valence-corrected chi connectivity index (χ4v) is 5.17. The zero-order valence-electron chi connectivity index (χ0n) is 14.1. The Morgan fingerprint density at radius 2 is 2.12 bits per heavy atom. The quantitative estimate of drug-likeness (QED) is 0.836. The fraction of sp³-hybridized carbons (Fsp3) is 0.353. The van der Waals surface area contributed by atoms with Crippen LogP contribution in [0.3, 0.4) is 0 Å². The molecule has 1 N–H and O–H groups in total. The summed E-state index contributed by atoms with van der Waals surface area (Å²) in [6.07, 6.45) is 1.50. The Morgan fingerprint density at radius 1 is 1.32 bits per heavy atom. The zero-order chi connectivity index (χ0) is 18.0. The second-order valence-electron chi connectivity index (χ2n) is 5.75. The van der Waals surface area contributed by atoms with E-state index < -0.39 is 10.0 Å². The van der Waals surface area contributed by atoms with Crippen molar-refractivity contribution in [1.82, 2.24) is 0 Å². The highest BCUT2D eigenvalue weighted by Gasteiger charge is 2.25. The van der Waals surface area contributed by atoms with Gasteiger partial charge in [0.05, 0.1) is 0 Å². The first kappa shape index (κ1) is 17.9. The molecule has 0 saturated heterocycles. The number of carbonyl (C=O) groups is 1.